The first-order valence-electron chi connectivity index (χ1n) is 22.2. The van der Waals surface area contributed by atoms with Crippen molar-refractivity contribution < 1.29 is 24.2 Å². The summed E-state index contributed by atoms with van der Waals surface area (Å²) >= 11 is 0. The third-order valence-electron chi connectivity index (χ3n) is 10.1. The molecule has 1 unspecified atom stereocenters. The summed E-state index contributed by atoms with van der Waals surface area (Å²) in [6.45, 7) is 4.16. The minimum Gasteiger partial charge on any atom is -0.462 e. The Balaban J connectivity index is 3.48. The second kappa shape index (κ2) is 42.1. The SMILES string of the molecule is CCCCCCCCC=CCCCCCCCCCCCCCC(=O)OC(CO)COC(=O)CCCCCCCCCCCCCCCCC. The second-order valence-corrected chi connectivity index (χ2v) is 15.1. The molecule has 296 valence electrons. The van der Waals surface area contributed by atoms with E-state index in [0.29, 0.717) is 12.8 Å². The van der Waals surface area contributed by atoms with E-state index in [1.807, 2.05) is 0 Å². The standard InChI is InChI=1S/C45H86O5/c1-3-5-7-9-11-13-15-17-19-20-21-22-23-24-26-28-30-32-34-36-38-40-45(48)50-43(41-46)42-49-44(47)39-37-35-33-31-29-27-25-18-16-14-12-10-8-6-4-2/h17,19,43,46H,3-16,18,20-42H2,1-2H3. The molecule has 5 heteroatoms. The van der Waals surface area contributed by atoms with Crippen molar-refractivity contribution in [3.8, 4) is 0 Å². The van der Waals surface area contributed by atoms with Crippen molar-refractivity contribution in [3.63, 3.8) is 0 Å². The lowest BCUT2D eigenvalue weighted by Gasteiger charge is -2.15. The molecule has 0 aromatic rings. The molecule has 1 N–H and O–H groups in total. The number of carbonyl (C=O) groups is 2. The molecule has 0 aromatic carbocycles. The number of hydrogen-bond acceptors (Lipinski definition) is 5. The summed E-state index contributed by atoms with van der Waals surface area (Å²) in [7, 11) is 0. The number of unbranched alkanes of at least 4 members (excludes halogenated alkanes) is 31. The monoisotopic (exact) mass is 707 g/mol. The Morgan fingerprint density at radius 1 is 0.440 bits per heavy atom. The topological polar surface area (TPSA) is 72.8 Å². The number of aliphatic hydroxyl groups is 1. The van der Waals surface area contributed by atoms with E-state index < -0.39 is 6.10 Å². The van der Waals surface area contributed by atoms with Gasteiger partial charge in [0.05, 0.1) is 6.61 Å². The van der Waals surface area contributed by atoms with Crippen LogP contribution in [0.1, 0.15) is 245 Å². The molecule has 50 heavy (non-hydrogen) atoms. The zero-order valence-electron chi connectivity index (χ0n) is 33.7. The summed E-state index contributed by atoms with van der Waals surface area (Å²) in [6.07, 6.45) is 48.5. The van der Waals surface area contributed by atoms with Crippen LogP contribution in [0, 0.1) is 0 Å². The third kappa shape index (κ3) is 39.4. The van der Waals surface area contributed by atoms with Gasteiger partial charge in [0.15, 0.2) is 6.10 Å². The van der Waals surface area contributed by atoms with E-state index in [-0.39, 0.29) is 25.2 Å². The summed E-state index contributed by atoms with van der Waals surface area (Å²) in [5, 5.41) is 9.58. The molecule has 0 rings (SSSR count). The number of rotatable bonds is 41. The molecule has 0 aliphatic carbocycles. The molecule has 0 saturated heterocycles. The van der Waals surface area contributed by atoms with E-state index in [1.54, 1.807) is 0 Å². The Morgan fingerprint density at radius 3 is 1.08 bits per heavy atom. The molecule has 5 nitrogen and oxygen atoms in total. The fourth-order valence-electron chi connectivity index (χ4n) is 6.67. The van der Waals surface area contributed by atoms with Gasteiger partial charge in [-0.15, -0.1) is 0 Å². The Bertz CT molecular complexity index is 720. The lowest BCUT2D eigenvalue weighted by atomic mass is 10.0. The lowest BCUT2D eigenvalue weighted by Crippen LogP contribution is -2.28. The molecule has 1 atom stereocenters. The highest BCUT2D eigenvalue weighted by atomic mass is 16.6. The normalized spacial score (nSPS) is 12.1. The molecular weight excluding hydrogens is 620 g/mol. The zero-order valence-corrected chi connectivity index (χ0v) is 33.7. The summed E-state index contributed by atoms with van der Waals surface area (Å²) in [4.78, 5) is 24.3. The van der Waals surface area contributed by atoms with E-state index in [4.69, 9.17) is 9.47 Å². The van der Waals surface area contributed by atoms with Gasteiger partial charge in [0.2, 0.25) is 0 Å². The van der Waals surface area contributed by atoms with Gasteiger partial charge in [-0.25, -0.2) is 0 Å². The molecular formula is C45H86O5. The van der Waals surface area contributed by atoms with Gasteiger partial charge in [0.25, 0.3) is 0 Å². The van der Waals surface area contributed by atoms with Crippen molar-refractivity contribution in [1.29, 1.82) is 0 Å². The fraction of sp³-hybridized carbons (Fsp3) is 0.911. The van der Waals surface area contributed by atoms with Crippen LogP contribution >= 0.6 is 0 Å². The lowest BCUT2D eigenvalue weighted by molar-refractivity contribution is -0.161. The quantitative estimate of drug-likeness (QED) is 0.0389. The first-order valence-corrected chi connectivity index (χ1v) is 22.2. The van der Waals surface area contributed by atoms with Crippen LogP contribution in [0.25, 0.3) is 0 Å². The number of carbonyl (C=O) groups excluding carboxylic acids is 2. The molecule has 0 spiro atoms. The second-order valence-electron chi connectivity index (χ2n) is 15.1. The molecule has 0 fully saturated rings. The van der Waals surface area contributed by atoms with Gasteiger partial charge in [-0.05, 0) is 38.5 Å². The first kappa shape index (κ1) is 48.6. The van der Waals surface area contributed by atoms with Gasteiger partial charge < -0.3 is 14.6 Å². The number of allylic oxidation sites excluding steroid dienone is 2. The highest BCUT2D eigenvalue weighted by Crippen LogP contribution is 2.16. The van der Waals surface area contributed by atoms with Crippen molar-refractivity contribution in [1.82, 2.24) is 0 Å². The molecule has 0 bridgehead atoms. The van der Waals surface area contributed by atoms with Crippen LogP contribution in [0.5, 0.6) is 0 Å². The molecule has 0 aromatic heterocycles. The number of hydrogen-bond donors (Lipinski definition) is 1. The highest BCUT2D eigenvalue weighted by molar-refractivity contribution is 5.70. The summed E-state index contributed by atoms with van der Waals surface area (Å²) < 4.78 is 10.6. The van der Waals surface area contributed by atoms with Gasteiger partial charge in [0, 0.05) is 12.8 Å². The third-order valence-corrected chi connectivity index (χ3v) is 10.1. The molecule has 0 aliphatic heterocycles. The minimum atomic E-state index is -0.765. The van der Waals surface area contributed by atoms with Crippen LogP contribution in [-0.2, 0) is 19.1 Å². The Labute approximate surface area is 311 Å². The van der Waals surface area contributed by atoms with E-state index in [0.717, 1.165) is 32.1 Å². The van der Waals surface area contributed by atoms with Crippen LogP contribution in [-0.4, -0.2) is 36.4 Å². The predicted octanol–water partition coefficient (Wildman–Crippen LogP) is 14.1. The van der Waals surface area contributed by atoms with Crippen molar-refractivity contribution in [3.05, 3.63) is 12.2 Å². The Morgan fingerprint density at radius 2 is 0.740 bits per heavy atom. The van der Waals surface area contributed by atoms with Crippen LogP contribution in [0.15, 0.2) is 12.2 Å². The summed E-state index contributed by atoms with van der Waals surface area (Å²) in [5.41, 5.74) is 0. The molecule has 0 radical (unpaired) electrons. The predicted molar refractivity (Wildman–Crippen MR) is 215 cm³/mol. The van der Waals surface area contributed by atoms with E-state index in [2.05, 4.69) is 26.0 Å². The molecule has 0 aliphatic rings. The number of esters is 2. The van der Waals surface area contributed by atoms with E-state index in [9.17, 15) is 14.7 Å². The number of aliphatic hydroxyl groups excluding tert-OH is 1. The van der Waals surface area contributed by atoms with Gasteiger partial charge in [-0.3, -0.25) is 9.59 Å². The van der Waals surface area contributed by atoms with Crippen molar-refractivity contribution in [2.45, 2.75) is 251 Å². The summed E-state index contributed by atoms with van der Waals surface area (Å²) in [5.74, 6) is -0.577. The van der Waals surface area contributed by atoms with Gasteiger partial charge >= 0.3 is 11.9 Å². The average molecular weight is 707 g/mol. The van der Waals surface area contributed by atoms with Crippen LogP contribution in [0.4, 0.5) is 0 Å². The summed E-state index contributed by atoms with van der Waals surface area (Å²) in [6, 6.07) is 0. The Kier molecular flexibility index (Phi) is 40.9. The Hall–Kier alpha value is -1.36. The minimum absolute atomic E-state index is 0.0594. The van der Waals surface area contributed by atoms with Crippen molar-refractivity contribution in [2.24, 2.45) is 0 Å². The van der Waals surface area contributed by atoms with Crippen LogP contribution < -0.4 is 0 Å². The van der Waals surface area contributed by atoms with Gasteiger partial charge in [-0.1, -0.05) is 206 Å². The highest BCUT2D eigenvalue weighted by Gasteiger charge is 2.16. The largest absolute Gasteiger partial charge is 0.462 e. The van der Waals surface area contributed by atoms with Gasteiger partial charge in [0.1, 0.15) is 6.61 Å². The van der Waals surface area contributed by atoms with Gasteiger partial charge in [-0.2, -0.15) is 0 Å². The molecule has 0 amide bonds. The maximum Gasteiger partial charge on any atom is 0.306 e. The molecule has 0 saturated carbocycles. The van der Waals surface area contributed by atoms with Crippen LogP contribution in [0.3, 0.4) is 0 Å². The zero-order chi connectivity index (χ0) is 36.4. The maximum absolute atomic E-state index is 12.2. The number of ether oxygens (including phenoxy) is 2. The van der Waals surface area contributed by atoms with Crippen molar-refractivity contribution in [2.75, 3.05) is 13.2 Å². The van der Waals surface area contributed by atoms with E-state index in [1.165, 1.54) is 186 Å². The molecule has 0 heterocycles. The average Bonchev–Trinajstić information content (AvgIpc) is 3.12. The van der Waals surface area contributed by atoms with Crippen molar-refractivity contribution >= 4 is 11.9 Å². The first-order chi connectivity index (χ1) is 24.6. The fourth-order valence-corrected chi connectivity index (χ4v) is 6.67. The van der Waals surface area contributed by atoms with Crippen LogP contribution in [0.2, 0.25) is 0 Å². The van der Waals surface area contributed by atoms with E-state index >= 15 is 0 Å². The smallest absolute Gasteiger partial charge is 0.306 e. The maximum atomic E-state index is 12.2.